The normalized spacial score (nSPS) is 13.6. The molecule has 0 aliphatic heterocycles. The average molecular weight is 242 g/mol. The van der Waals surface area contributed by atoms with Gasteiger partial charge in [0, 0.05) is 7.11 Å². The molecular weight excluding hydrogens is 225 g/mol. The predicted octanol–water partition coefficient (Wildman–Crippen LogP) is 0.679. The minimum Gasteiger partial charge on any atom is -0.383 e. The first-order chi connectivity index (χ1) is 7.39. The van der Waals surface area contributed by atoms with Gasteiger partial charge in [0.05, 0.1) is 25.7 Å². The van der Waals surface area contributed by atoms with Crippen LogP contribution >= 0.6 is 0 Å². The molecule has 0 aliphatic carbocycles. The maximum absolute atomic E-state index is 11.7. The van der Waals surface area contributed by atoms with Crippen molar-refractivity contribution in [1.82, 2.24) is 10.6 Å². The number of alkyl halides is 3. The summed E-state index contributed by atoms with van der Waals surface area (Å²) >= 11 is 0. The van der Waals surface area contributed by atoms with Crippen LogP contribution < -0.4 is 10.6 Å². The Hall–Kier alpha value is -0.820. The number of methoxy groups -OCH3 is 1. The van der Waals surface area contributed by atoms with E-state index in [0.29, 0.717) is 13.0 Å². The standard InChI is InChI=1S/C9H17F3N2O2/c1-3-7(5-16-2)14-8(15)4-13-6-9(10,11)12/h7,13H,3-6H2,1-2H3,(H,14,15). The Morgan fingerprint density at radius 2 is 2.06 bits per heavy atom. The molecule has 0 aromatic heterocycles. The van der Waals surface area contributed by atoms with Crippen LogP contribution in [-0.4, -0.2) is 44.9 Å². The van der Waals surface area contributed by atoms with Crippen molar-refractivity contribution in [2.75, 3.05) is 26.8 Å². The van der Waals surface area contributed by atoms with Gasteiger partial charge in [0.15, 0.2) is 0 Å². The van der Waals surface area contributed by atoms with E-state index in [9.17, 15) is 18.0 Å². The summed E-state index contributed by atoms with van der Waals surface area (Å²) < 4.78 is 40.1. The van der Waals surface area contributed by atoms with Crippen LogP contribution in [0.3, 0.4) is 0 Å². The van der Waals surface area contributed by atoms with E-state index in [2.05, 4.69) is 5.32 Å². The van der Waals surface area contributed by atoms with E-state index in [0.717, 1.165) is 0 Å². The monoisotopic (exact) mass is 242 g/mol. The lowest BCUT2D eigenvalue weighted by Crippen LogP contribution is -2.43. The minimum atomic E-state index is -4.29. The molecule has 0 aromatic rings. The zero-order valence-electron chi connectivity index (χ0n) is 9.36. The maximum Gasteiger partial charge on any atom is 0.401 e. The van der Waals surface area contributed by atoms with Crippen LogP contribution in [0.2, 0.25) is 0 Å². The molecule has 96 valence electrons. The Labute approximate surface area is 92.5 Å². The molecule has 0 aliphatic rings. The van der Waals surface area contributed by atoms with Crippen molar-refractivity contribution in [1.29, 1.82) is 0 Å². The van der Waals surface area contributed by atoms with Crippen LogP contribution in [-0.2, 0) is 9.53 Å². The van der Waals surface area contributed by atoms with Crippen molar-refractivity contribution in [3.8, 4) is 0 Å². The van der Waals surface area contributed by atoms with Gasteiger partial charge in [0.1, 0.15) is 0 Å². The molecule has 1 amide bonds. The van der Waals surface area contributed by atoms with Gasteiger partial charge in [0.25, 0.3) is 0 Å². The van der Waals surface area contributed by atoms with Crippen LogP contribution in [0.5, 0.6) is 0 Å². The zero-order valence-corrected chi connectivity index (χ0v) is 9.36. The number of hydrogen-bond acceptors (Lipinski definition) is 3. The molecule has 0 fully saturated rings. The van der Waals surface area contributed by atoms with E-state index in [4.69, 9.17) is 4.74 Å². The molecule has 0 aromatic carbocycles. The summed E-state index contributed by atoms with van der Waals surface area (Å²) in [5.41, 5.74) is 0. The van der Waals surface area contributed by atoms with Crippen LogP contribution in [0.25, 0.3) is 0 Å². The van der Waals surface area contributed by atoms with Crippen LogP contribution in [0.15, 0.2) is 0 Å². The first kappa shape index (κ1) is 15.2. The summed E-state index contributed by atoms with van der Waals surface area (Å²) in [5.74, 6) is -0.465. The number of carbonyl (C=O) groups excluding carboxylic acids is 1. The number of nitrogens with one attached hydrogen (secondary N) is 2. The largest absolute Gasteiger partial charge is 0.401 e. The lowest BCUT2D eigenvalue weighted by atomic mass is 10.2. The quantitative estimate of drug-likeness (QED) is 0.690. The van der Waals surface area contributed by atoms with Gasteiger partial charge in [-0.2, -0.15) is 13.2 Å². The Kier molecular flexibility index (Phi) is 7.07. The van der Waals surface area contributed by atoms with Crippen molar-refractivity contribution in [2.24, 2.45) is 0 Å². The molecule has 2 N–H and O–H groups in total. The predicted molar refractivity (Wildman–Crippen MR) is 53.0 cm³/mol. The van der Waals surface area contributed by atoms with Crippen molar-refractivity contribution >= 4 is 5.91 Å². The molecule has 0 rings (SSSR count). The molecular formula is C9H17F3N2O2. The number of hydrogen-bond donors (Lipinski definition) is 2. The third kappa shape index (κ3) is 8.49. The van der Waals surface area contributed by atoms with Crippen LogP contribution in [0, 0.1) is 0 Å². The molecule has 1 atom stereocenters. The van der Waals surface area contributed by atoms with Gasteiger partial charge in [-0.25, -0.2) is 0 Å². The van der Waals surface area contributed by atoms with E-state index in [1.165, 1.54) is 7.11 Å². The smallest absolute Gasteiger partial charge is 0.383 e. The van der Waals surface area contributed by atoms with Crippen LogP contribution in [0.4, 0.5) is 13.2 Å². The van der Waals surface area contributed by atoms with E-state index in [-0.39, 0.29) is 12.6 Å². The molecule has 0 saturated heterocycles. The second kappa shape index (κ2) is 7.45. The second-order valence-corrected chi connectivity index (χ2v) is 3.35. The van der Waals surface area contributed by atoms with Crippen molar-refractivity contribution in [3.05, 3.63) is 0 Å². The molecule has 0 saturated carbocycles. The van der Waals surface area contributed by atoms with Crippen molar-refractivity contribution in [3.63, 3.8) is 0 Å². The van der Waals surface area contributed by atoms with Gasteiger partial charge < -0.3 is 15.4 Å². The van der Waals surface area contributed by atoms with Gasteiger partial charge in [-0.05, 0) is 6.42 Å². The highest BCUT2D eigenvalue weighted by Crippen LogP contribution is 2.11. The number of carbonyl (C=O) groups is 1. The third-order valence-electron chi connectivity index (χ3n) is 1.84. The third-order valence-corrected chi connectivity index (χ3v) is 1.84. The van der Waals surface area contributed by atoms with Crippen molar-refractivity contribution in [2.45, 2.75) is 25.6 Å². The van der Waals surface area contributed by atoms with Gasteiger partial charge in [-0.3, -0.25) is 4.79 Å². The van der Waals surface area contributed by atoms with Crippen molar-refractivity contribution < 1.29 is 22.7 Å². The topological polar surface area (TPSA) is 50.4 Å². The van der Waals surface area contributed by atoms with Crippen LogP contribution in [0.1, 0.15) is 13.3 Å². The molecule has 16 heavy (non-hydrogen) atoms. The minimum absolute atomic E-state index is 0.162. The number of ether oxygens (including phenoxy) is 1. The summed E-state index contributed by atoms with van der Waals surface area (Å²) in [7, 11) is 1.50. The molecule has 1 unspecified atom stereocenters. The Bertz CT molecular complexity index is 209. The SMILES string of the molecule is CCC(COC)NC(=O)CNCC(F)(F)F. The lowest BCUT2D eigenvalue weighted by Gasteiger charge is -2.16. The molecule has 0 bridgehead atoms. The summed E-state index contributed by atoms with van der Waals surface area (Å²) in [4.78, 5) is 11.2. The van der Waals surface area contributed by atoms with E-state index in [1.807, 2.05) is 12.2 Å². The average Bonchev–Trinajstić information content (AvgIpc) is 2.15. The first-order valence-electron chi connectivity index (χ1n) is 4.94. The van der Waals surface area contributed by atoms with Gasteiger partial charge >= 0.3 is 6.18 Å². The molecule has 0 heterocycles. The number of halogens is 3. The molecule has 4 nitrogen and oxygen atoms in total. The fourth-order valence-corrected chi connectivity index (χ4v) is 1.06. The van der Waals surface area contributed by atoms with E-state index < -0.39 is 18.6 Å². The number of amides is 1. The fourth-order valence-electron chi connectivity index (χ4n) is 1.06. The zero-order chi connectivity index (χ0) is 12.6. The summed E-state index contributed by atoms with van der Waals surface area (Å²) in [6.45, 7) is 0.690. The molecule has 7 heteroatoms. The Morgan fingerprint density at radius 1 is 1.44 bits per heavy atom. The summed E-state index contributed by atoms with van der Waals surface area (Å²) in [5, 5.41) is 4.58. The van der Waals surface area contributed by atoms with Gasteiger partial charge in [-0.1, -0.05) is 6.92 Å². The highest BCUT2D eigenvalue weighted by atomic mass is 19.4. The van der Waals surface area contributed by atoms with E-state index >= 15 is 0 Å². The molecule has 0 radical (unpaired) electrons. The summed E-state index contributed by atoms with van der Waals surface area (Å²) in [6, 6.07) is -0.162. The number of rotatable bonds is 7. The van der Waals surface area contributed by atoms with Gasteiger partial charge in [0.2, 0.25) is 5.91 Å². The maximum atomic E-state index is 11.7. The second-order valence-electron chi connectivity index (χ2n) is 3.35. The van der Waals surface area contributed by atoms with E-state index in [1.54, 1.807) is 0 Å². The molecule has 0 spiro atoms. The summed E-state index contributed by atoms with van der Waals surface area (Å²) in [6.07, 6.45) is -3.63. The first-order valence-corrected chi connectivity index (χ1v) is 4.94. The lowest BCUT2D eigenvalue weighted by molar-refractivity contribution is -0.128. The fraction of sp³-hybridized carbons (Fsp3) is 0.889. The van der Waals surface area contributed by atoms with Gasteiger partial charge in [-0.15, -0.1) is 0 Å². The highest BCUT2D eigenvalue weighted by molar-refractivity contribution is 5.78. The Balaban J connectivity index is 3.72. The highest BCUT2D eigenvalue weighted by Gasteiger charge is 2.26. The Morgan fingerprint density at radius 3 is 2.50 bits per heavy atom.